The number of piperidine rings is 1. The molecule has 1 aliphatic heterocycles. The molecule has 0 spiro atoms. The quantitative estimate of drug-likeness (QED) is 0.343. The predicted molar refractivity (Wildman–Crippen MR) is 79.7 cm³/mol. The number of likely N-dealkylation sites (N-methyl/N-ethyl adjacent to an activating group) is 2. The van der Waals surface area contributed by atoms with Crippen molar-refractivity contribution in [2.75, 3.05) is 27.2 Å². The van der Waals surface area contributed by atoms with Crippen LogP contribution in [0.1, 0.15) is 39.5 Å². The number of nitrogens with zero attached hydrogens (tertiary/aromatic N) is 3. The average Bonchev–Trinajstić information content (AvgIpc) is 2.47. The number of nitrogens with two attached hydrogens (primary N) is 1. The van der Waals surface area contributed by atoms with Gasteiger partial charge in [0.15, 0.2) is 5.84 Å². The summed E-state index contributed by atoms with van der Waals surface area (Å²) in [4.78, 5) is 16.9. The third-order valence-electron chi connectivity index (χ3n) is 4.68. The number of carbonyl (C=O) groups is 1. The topological polar surface area (TPSA) is 82.2 Å². The fourth-order valence-corrected chi connectivity index (χ4v) is 3.08. The summed E-state index contributed by atoms with van der Waals surface area (Å²) in [6, 6.07) is 0.199. The van der Waals surface area contributed by atoms with Crippen LogP contribution >= 0.6 is 0 Å². The van der Waals surface area contributed by atoms with Crippen molar-refractivity contribution in [3.05, 3.63) is 0 Å². The first kappa shape index (κ1) is 16.8. The van der Waals surface area contributed by atoms with E-state index in [1.165, 1.54) is 0 Å². The average molecular weight is 284 g/mol. The molecule has 3 N–H and O–H groups in total. The van der Waals surface area contributed by atoms with Crippen molar-refractivity contribution >= 4 is 11.7 Å². The Labute approximate surface area is 121 Å². The first-order valence-corrected chi connectivity index (χ1v) is 7.36. The van der Waals surface area contributed by atoms with E-state index >= 15 is 0 Å². The highest BCUT2D eigenvalue weighted by atomic mass is 16.4. The molecule has 1 unspecified atom stereocenters. The maximum Gasteiger partial charge on any atom is 0.236 e. The van der Waals surface area contributed by atoms with Crippen LogP contribution in [0.25, 0.3) is 0 Å². The molecule has 116 valence electrons. The molecule has 6 heteroatoms. The highest BCUT2D eigenvalue weighted by Gasteiger charge is 2.43. The molecule has 20 heavy (non-hydrogen) atoms. The van der Waals surface area contributed by atoms with Gasteiger partial charge in [-0.3, -0.25) is 4.79 Å². The Balaban J connectivity index is 2.94. The van der Waals surface area contributed by atoms with Gasteiger partial charge in [-0.05, 0) is 39.3 Å². The van der Waals surface area contributed by atoms with E-state index < -0.39 is 5.41 Å². The van der Waals surface area contributed by atoms with Gasteiger partial charge in [0.05, 0.1) is 0 Å². The van der Waals surface area contributed by atoms with E-state index in [0.717, 1.165) is 25.9 Å². The largest absolute Gasteiger partial charge is 0.409 e. The molecule has 0 radical (unpaired) electrons. The molecule has 1 aliphatic rings. The molecule has 0 bridgehead atoms. The number of oxime groups is 1. The lowest BCUT2D eigenvalue weighted by atomic mass is 9.79. The van der Waals surface area contributed by atoms with Gasteiger partial charge in [-0.25, -0.2) is 0 Å². The summed E-state index contributed by atoms with van der Waals surface area (Å²) >= 11 is 0. The van der Waals surface area contributed by atoms with Crippen LogP contribution in [0.3, 0.4) is 0 Å². The molecule has 0 aliphatic carbocycles. The third kappa shape index (κ3) is 3.06. The standard InChI is InChI=1S/C14H28N4O2/c1-5-14(6-2,12(15)16-20)13(19)18(4)11-8-7-9-17(3)10-11/h11,20H,5-10H2,1-4H3,(H2,15,16). The summed E-state index contributed by atoms with van der Waals surface area (Å²) in [6.45, 7) is 5.76. The molecule has 0 aromatic rings. The molecule has 0 saturated carbocycles. The third-order valence-corrected chi connectivity index (χ3v) is 4.68. The van der Waals surface area contributed by atoms with Crippen molar-refractivity contribution in [3.63, 3.8) is 0 Å². The SMILES string of the molecule is CCC(CC)(C(=O)N(C)C1CCCN(C)C1)C(N)=NO. The van der Waals surface area contributed by atoms with Crippen LogP contribution < -0.4 is 5.73 Å². The van der Waals surface area contributed by atoms with Gasteiger partial charge in [-0.15, -0.1) is 0 Å². The van der Waals surface area contributed by atoms with Crippen LogP contribution in [-0.2, 0) is 4.79 Å². The van der Waals surface area contributed by atoms with Gasteiger partial charge in [-0.1, -0.05) is 19.0 Å². The highest BCUT2D eigenvalue weighted by molar-refractivity contribution is 6.06. The van der Waals surface area contributed by atoms with E-state index in [1.807, 2.05) is 20.9 Å². The van der Waals surface area contributed by atoms with Gasteiger partial charge in [0.1, 0.15) is 5.41 Å². The number of amidine groups is 1. The van der Waals surface area contributed by atoms with Gasteiger partial charge in [0, 0.05) is 19.6 Å². The molecule has 1 fully saturated rings. The van der Waals surface area contributed by atoms with Gasteiger partial charge in [0.2, 0.25) is 5.91 Å². The number of carbonyl (C=O) groups excluding carboxylic acids is 1. The Kier molecular flexibility index (Phi) is 5.80. The Hall–Kier alpha value is -1.30. The molecule has 1 amide bonds. The van der Waals surface area contributed by atoms with Gasteiger partial charge < -0.3 is 20.7 Å². The maximum absolute atomic E-state index is 12.9. The van der Waals surface area contributed by atoms with Crippen LogP contribution in [0.4, 0.5) is 0 Å². The van der Waals surface area contributed by atoms with Crippen LogP contribution in [0.15, 0.2) is 5.16 Å². The van der Waals surface area contributed by atoms with Crippen molar-refractivity contribution in [3.8, 4) is 0 Å². The lowest BCUT2D eigenvalue weighted by Crippen LogP contribution is -2.55. The molecule has 0 aromatic heterocycles. The number of likely N-dealkylation sites (tertiary alicyclic amines) is 1. The summed E-state index contributed by atoms with van der Waals surface area (Å²) < 4.78 is 0. The van der Waals surface area contributed by atoms with E-state index in [0.29, 0.717) is 12.8 Å². The molecular formula is C14H28N4O2. The van der Waals surface area contributed by atoms with Crippen LogP contribution in [-0.4, -0.2) is 60.0 Å². The molecular weight excluding hydrogens is 256 g/mol. The zero-order valence-electron chi connectivity index (χ0n) is 13.1. The molecule has 6 nitrogen and oxygen atoms in total. The second kappa shape index (κ2) is 6.92. The lowest BCUT2D eigenvalue weighted by Gasteiger charge is -2.40. The fourth-order valence-electron chi connectivity index (χ4n) is 3.08. The first-order valence-electron chi connectivity index (χ1n) is 7.36. The molecule has 1 heterocycles. The second-order valence-electron chi connectivity index (χ2n) is 5.75. The van der Waals surface area contributed by atoms with Crippen LogP contribution in [0.5, 0.6) is 0 Å². The Morgan fingerprint density at radius 1 is 1.50 bits per heavy atom. The zero-order valence-corrected chi connectivity index (χ0v) is 13.1. The normalized spacial score (nSPS) is 21.8. The van der Waals surface area contributed by atoms with Crippen molar-refractivity contribution in [2.24, 2.45) is 16.3 Å². The maximum atomic E-state index is 12.9. The second-order valence-corrected chi connectivity index (χ2v) is 5.75. The van der Waals surface area contributed by atoms with Gasteiger partial charge >= 0.3 is 0 Å². The fraction of sp³-hybridized carbons (Fsp3) is 0.857. The molecule has 1 saturated heterocycles. The molecule has 1 rings (SSSR count). The summed E-state index contributed by atoms with van der Waals surface area (Å²) in [7, 11) is 3.90. The van der Waals surface area contributed by atoms with Gasteiger partial charge in [0.25, 0.3) is 0 Å². The Morgan fingerprint density at radius 2 is 2.10 bits per heavy atom. The Morgan fingerprint density at radius 3 is 2.55 bits per heavy atom. The number of rotatable bonds is 5. The minimum atomic E-state index is -0.889. The van der Waals surface area contributed by atoms with Crippen LogP contribution in [0, 0.1) is 5.41 Å². The van der Waals surface area contributed by atoms with E-state index in [4.69, 9.17) is 10.9 Å². The Bertz CT molecular complexity index is 366. The van der Waals surface area contributed by atoms with E-state index in [1.54, 1.807) is 4.90 Å². The zero-order chi connectivity index (χ0) is 15.3. The molecule has 0 aromatic carbocycles. The van der Waals surface area contributed by atoms with E-state index in [2.05, 4.69) is 17.1 Å². The van der Waals surface area contributed by atoms with Crippen molar-refractivity contribution in [1.29, 1.82) is 0 Å². The summed E-state index contributed by atoms with van der Waals surface area (Å²) in [5.41, 5.74) is 4.92. The summed E-state index contributed by atoms with van der Waals surface area (Å²) in [6.07, 6.45) is 3.16. The number of hydrogen-bond donors (Lipinski definition) is 2. The van der Waals surface area contributed by atoms with Gasteiger partial charge in [-0.2, -0.15) is 0 Å². The highest BCUT2D eigenvalue weighted by Crippen LogP contribution is 2.30. The first-order chi connectivity index (χ1) is 9.42. The van der Waals surface area contributed by atoms with E-state index in [9.17, 15) is 4.79 Å². The summed E-state index contributed by atoms with van der Waals surface area (Å²) in [5.74, 6) is -0.0263. The lowest BCUT2D eigenvalue weighted by molar-refractivity contribution is -0.140. The van der Waals surface area contributed by atoms with Crippen molar-refractivity contribution in [2.45, 2.75) is 45.6 Å². The van der Waals surface area contributed by atoms with Crippen molar-refractivity contribution < 1.29 is 10.0 Å². The predicted octanol–water partition coefficient (Wildman–Crippen LogP) is 1.09. The number of hydrogen-bond acceptors (Lipinski definition) is 4. The minimum Gasteiger partial charge on any atom is -0.409 e. The summed E-state index contributed by atoms with van der Waals surface area (Å²) in [5, 5.41) is 12.1. The smallest absolute Gasteiger partial charge is 0.236 e. The molecule has 1 atom stereocenters. The van der Waals surface area contributed by atoms with E-state index in [-0.39, 0.29) is 17.8 Å². The number of amides is 1. The van der Waals surface area contributed by atoms with Crippen molar-refractivity contribution in [1.82, 2.24) is 9.80 Å². The minimum absolute atomic E-state index is 0.0171. The van der Waals surface area contributed by atoms with Crippen LogP contribution in [0.2, 0.25) is 0 Å². The monoisotopic (exact) mass is 284 g/mol.